The van der Waals surface area contributed by atoms with E-state index in [0.29, 0.717) is 23.6 Å². The zero-order valence-corrected chi connectivity index (χ0v) is 14.4. The fourth-order valence-electron chi connectivity index (χ4n) is 3.13. The summed E-state index contributed by atoms with van der Waals surface area (Å²) in [6.45, 7) is 7.27. The zero-order valence-electron chi connectivity index (χ0n) is 14.4. The largest absolute Gasteiger partial charge is 0.492 e. The highest BCUT2D eigenvalue weighted by molar-refractivity contribution is 5.97. The van der Waals surface area contributed by atoms with Gasteiger partial charge in [0.15, 0.2) is 5.69 Å². The number of aromatic amines is 1. The molecule has 1 amide bonds. The van der Waals surface area contributed by atoms with Crippen LogP contribution in [0.1, 0.15) is 24.3 Å². The van der Waals surface area contributed by atoms with Gasteiger partial charge in [-0.25, -0.2) is 0 Å². The van der Waals surface area contributed by atoms with E-state index >= 15 is 0 Å². The summed E-state index contributed by atoms with van der Waals surface area (Å²) in [5, 5.41) is 10.3. The standard InChI is InChI=1S/C17H23N5O3/c1-11-9-22(10-12(2)25-11)7-8-24-14-6-4-3-5-13(14)15-16(17(18)23)20-21-19-15/h3-6,11-12H,7-10H2,1-2H3,(H2,18,23)(H,19,20,21). The average Bonchev–Trinajstić information content (AvgIpc) is 3.04. The number of aromatic nitrogens is 3. The summed E-state index contributed by atoms with van der Waals surface area (Å²) in [4.78, 5) is 13.8. The monoisotopic (exact) mass is 345 g/mol. The van der Waals surface area contributed by atoms with Crippen LogP contribution in [-0.2, 0) is 4.74 Å². The van der Waals surface area contributed by atoms with Crippen LogP contribution in [-0.4, -0.2) is 64.7 Å². The number of hydrogen-bond donors (Lipinski definition) is 2. The van der Waals surface area contributed by atoms with Gasteiger partial charge in [-0.15, -0.1) is 0 Å². The van der Waals surface area contributed by atoms with Gasteiger partial charge in [0.2, 0.25) is 0 Å². The van der Waals surface area contributed by atoms with E-state index in [9.17, 15) is 4.79 Å². The van der Waals surface area contributed by atoms with Gasteiger partial charge in [0, 0.05) is 25.2 Å². The van der Waals surface area contributed by atoms with Crippen molar-refractivity contribution in [3.05, 3.63) is 30.0 Å². The molecule has 134 valence electrons. The first kappa shape index (κ1) is 17.4. The first-order valence-corrected chi connectivity index (χ1v) is 8.35. The number of rotatable bonds is 6. The number of nitrogens with zero attached hydrogens (tertiary/aromatic N) is 3. The van der Waals surface area contributed by atoms with E-state index in [1.165, 1.54) is 0 Å². The molecule has 8 nitrogen and oxygen atoms in total. The van der Waals surface area contributed by atoms with Gasteiger partial charge in [0.25, 0.3) is 5.91 Å². The number of nitrogens with one attached hydrogen (secondary N) is 1. The molecule has 0 bridgehead atoms. The molecule has 0 spiro atoms. The molecule has 8 heteroatoms. The van der Waals surface area contributed by atoms with Crippen LogP contribution in [0.2, 0.25) is 0 Å². The van der Waals surface area contributed by atoms with Crippen molar-refractivity contribution in [1.29, 1.82) is 0 Å². The van der Waals surface area contributed by atoms with E-state index in [-0.39, 0.29) is 17.9 Å². The molecule has 1 aromatic heterocycles. The third-order valence-electron chi connectivity index (χ3n) is 4.08. The van der Waals surface area contributed by atoms with Gasteiger partial charge in [0.05, 0.1) is 12.2 Å². The molecule has 1 fully saturated rings. The average molecular weight is 345 g/mol. The van der Waals surface area contributed by atoms with E-state index in [1.54, 1.807) is 0 Å². The van der Waals surface area contributed by atoms with Gasteiger partial charge in [-0.2, -0.15) is 15.4 Å². The topological polar surface area (TPSA) is 106 Å². The Hall–Kier alpha value is -2.45. The highest BCUT2D eigenvalue weighted by Crippen LogP contribution is 2.29. The number of hydrogen-bond acceptors (Lipinski definition) is 6. The molecule has 0 aliphatic carbocycles. The number of carbonyl (C=O) groups is 1. The molecule has 0 radical (unpaired) electrons. The summed E-state index contributed by atoms with van der Waals surface area (Å²) < 4.78 is 11.7. The van der Waals surface area contributed by atoms with E-state index in [2.05, 4.69) is 34.2 Å². The van der Waals surface area contributed by atoms with E-state index in [1.807, 2.05) is 24.3 Å². The minimum atomic E-state index is -0.630. The number of carbonyl (C=O) groups excluding carboxylic acids is 1. The first-order chi connectivity index (χ1) is 12.0. The van der Waals surface area contributed by atoms with Crippen LogP contribution < -0.4 is 10.5 Å². The van der Waals surface area contributed by atoms with Gasteiger partial charge in [-0.3, -0.25) is 9.69 Å². The summed E-state index contributed by atoms with van der Waals surface area (Å²) in [5.74, 6) is 0.0168. The van der Waals surface area contributed by atoms with Crippen LogP contribution in [0.15, 0.2) is 24.3 Å². The van der Waals surface area contributed by atoms with Crippen LogP contribution in [0, 0.1) is 0 Å². The smallest absolute Gasteiger partial charge is 0.271 e. The van der Waals surface area contributed by atoms with Crippen LogP contribution in [0.3, 0.4) is 0 Å². The lowest BCUT2D eigenvalue weighted by Gasteiger charge is -2.35. The highest BCUT2D eigenvalue weighted by atomic mass is 16.5. The summed E-state index contributed by atoms with van der Waals surface area (Å²) >= 11 is 0. The lowest BCUT2D eigenvalue weighted by molar-refractivity contribution is -0.0699. The summed E-state index contributed by atoms with van der Waals surface area (Å²) in [6, 6.07) is 7.41. The number of para-hydroxylation sites is 1. The molecule has 2 heterocycles. The fraction of sp³-hybridized carbons (Fsp3) is 0.471. The Labute approximate surface area is 146 Å². The second-order valence-corrected chi connectivity index (χ2v) is 6.25. The van der Waals surface area contributed by atoms with Gasteiger partial charge in [-0.1, -0.05) is 12.1 Å². The quantitative estimate of drug-likeness (QED) is 0.811. The Bertz CT molecular complexity index is 723. The summed E-state index contributed by atoms with van der Waals surface area (Å²) in [7, 11) is 0. The second kappa shape index (κ2) is 7.62. The van der Waals surface area contributed by atoms with Crippen LogP contribution in [0.4, 0.5) is 0 Å². The molecular weight excluding hydrogens is 322 g/mol. The molecular formula is C17H23N5O3. The number of primary amides is 1. The Kier molecular flexibility index (Phi) is 5.30. The van der Waals surface area contributed by atoms with Crippen molar-refractivity contribution in [2.24, 2.45) is 5.73 Å². The van der Waals surface area contributed by atoms with Crippen molar-refractivity contribution in [3.8, 4) is 17.0 Å². The van der Waals surface area contributed by atoms with E-state index in [4.69, 9.17) is 15.2 Å². The minimum absolute atomic E-state index is 0.104. The van der Waals surface area contributed by atoms with Crippen LogP contribution in [0.25, 0.3) is 11.3 Å². The van der Waals surface area contributed by atoms with Crippen molar-refractivity contribution >= 4 is 5.91 Å². The van der Waals surface area contributed by atoms with Crippen molar-refractivity contribution in [2.45, 2.75) is 26.1 Å². The Morgan fingerprint density at radius 2 is 2.04 bits per heavy atom. The van der Waals surface area contributed by atoms with Gasteiger partial charge < -0.3 is 15.2 Å². The van der Waals surface area contributed by atoms with Crippen molar-refractivity contribution < 1.29 is 14.3 Å². The maximum atomic E-state index is 11.5. The lowest BCUT2D eigenvalue weighted by atomic mass is 10.1. The molecule has 2 unspecified atom stereocenters. The van der Waals surface area contributed by atoms with E-state index < -0.39 is 5.91 Å². The fourth-order valence-corrected chi connectivity index (χ4v) is 3.13. The number of morpholine rings is 1. The number of nitrogens with two attached hydrogens (primary N) is 1. The van der Waals surface area contributed by atoms with Gasteiger partial charge in [-0.05, 0) is 26.0 Å². The molecule has 2 atom stereocenters. The molecule has 1 aromatic carbocycles. The first-order valence-electron chi connectivity index (χ1n) is 8.35. The summed E-state index contributed by atoms with van der Waals surface area (Å²) in [6.07, 6.45) is 0.452. The molecule has 2 aromatic rings. The molecule has 25 heavy (non-hydrogen) atoms. The highest BCUT2D eigenvalue weighted by Gasteiger charge is 2.22. The Morgan fingerprint density at radius 3 is 2.76 bits per heavy atom. The van der Waals surface area contributed by atoms with E-state index in [0.717, 1.165) is 19.6 Å². The third kappa shape index (κ3) is 4.15. The molecule has 1 aliphatic heterocycles. The van der Waals surface area contributed by atoms with Crippen LogP contribution >= 0.6 is 0 Å². The molecule has 1 aliphatic rings. The predicted octanol–water partition coefficient (Wildman–Crippen LogP) is 1.06. The van der Waals surface area contributed by atoms with Crippen molar-refractivity contribution in [2.75, 3.05) is 26.2 Å². The van der Waals surface area contributed by atoms with Gasteiger partial charge in [0.1, 0.15) is 18.1 Å². The molecule has 0 saturated carbocycles. The normalized spacial score (nSPS) is 21.2. The third-order valence-corrected chi connectivity index (χ3v) is 4.08. The predicted molar refractivity (Wildman–Crippen MR) is 92.3 cm³/mol. The number of H-pyrrole nitrogens is 1. The zero-order chi connectivity index (χ0) is 17.8. The Morgan fingerprint density at radius 1 is 1.32 bits per heavy atom. The molecule has 1 saturated heterocycles. The Balaban J connectivity index is 1.67. The maximum absolute atomic E-state index is 11.5. The van der Waals surface area contributed by atoms with Crippen molar-refractivity contribution in [1.82, 2.24) is 20.3 Å². The number of benzene rings is 1. The second-order valence-electron chi connectivity index (χ2n) is 6.25. The van der Waals surface area contributed by atoms with Gasteiger partial charge >= 0.3 is 0 Å². The number of amides is 1. The maximum Gasteiger partial charge on any atom is 0.271 e. The summed E-state index contributed by atoms with van der Waals surface area (Å²) in [5.41, 5.74) is 6.54. The van der Waals surface area contributed by atoms with Crippen molar-refractivity contribution in [3.63, 3.8) is 0 Å². The SMILES string of the molecule is CC1CN(CCOc2ccccc2-c2n[nH]nc2C(N)=O)CC(C)O1. The lowest BCUT2D eigenvalue weighted by Crippen LogP contribution is -2.46. The minimum Gasteiger partial charge on any atom is -0.492 e. The molecule has 3 N–H and O–H groups in total. The molecule has 3 rings (SSSR count). The number of ether oxygens (including phenoxy) is 2. The van der Waals surface area contributed by atoms with Crippen LogP contribution in [0.5, 0.6) is 5.75 Å².